The fraction of sp³-hybridized carbons (Fsp3) is 0.364. The maximum absolute atomic E-state index is 11.9. The minimum absolute atomic E-state index is 0.0996. The Morgan fingerprint density at radius 1 is 1.56 bits per heavy atom. The predicted molar refractivity (Wildman–Crippen MR) is 65.8 cm³/mol. The van der Waals surface area contributed by atoms with Crippen LogP contribution >= 0.6 is 27.5 Å². The molecule has 0 aliphatic carbocycles. The van der Waals surface area contributed by atoms with Crippen molar-refractivity contribution in [2.24, 2.45) is 0 Å². The van der Waals surface area contributed by atoms with E-state index in [4.69, 9.17) is 16.3 Å². The van der Waals surface area contributed by atoms with E-state index < -0.39 is 0 Å². The Labute approximate surface area is 107 Å². The van der Waals surface area contributed by atoms with Crippen LogP contribution in [0.15, 0.2) is 22.7 Å². The summed E-state index contributed by atoms with van der Waals surface area (Å²) in [6, 6.07) is 5.40. The monoisotopic (exact) mass is 303 g/mol. The highest BCUT2D eigenvalue weighted by Crippen LogP contribution is 2.26. The van der Waals surface area contributed by atoms with Crippen LogP contribution in [0.25, 0.3) is 0 Å². The van der Waals surface area contributed by atoms with E-state index in [1.165, 1.54) is 0 Å². The van der Waals surface area contributed by atoms with E-state index in [2.05, 4.69) is 21.2 Å². The fourth-order valence-corrected chi connectivity index (χ4v) is 2.17. The Kier molecular flexibility index (Phi) is 3.84. The minimum atomic E-state index is -0.151. The second kappa shape index (κ2) is 5.17. The molecule has 86 valence electrons. The summed E-state index contributed by atoms with van der Waals surface area (Å²) in [5.74, 6) is -0.151. The first kappa shape index (κ1) is 11.9. The third kappa shape index (κ3) is 2.56. The number of amides is 1. The molecule has 1 saturated heterocycles. The number of halogens is 2. The standard InChI is InChI=1S/C11H11BrClNO2/c12-9-3-1-2-8(10(9)13)11(15)14-7-4-5-16-6-7/h1-3,7H,4-6H2,(H,14,15). The van der Waals surface area contributed by atoms with Crippen molar-refractivity contribution < 1.29 is 9.53 Å². The molecule has 1 aromatic carbocycles. The topological polar surface area (TPSA) is 38.3 Å². The largest absolute Gasteiger partial charge is 0.379 e. The number of rotatable bonds is 2. The van der Waals surface area contributed by atoms with Gasteiger partial charge in [0.25, 0.3) is 5.91 Å². The first-order valence-electron chi connectivity index (χ1n) is 5.01. The Morgan fingerprint density at radius 2 is 2.38 bits per heavy atom. The van der Waals surface area contributed by atoms with Crippen molar-refractivity contribution in [1.29, 1.82) is 0 Å². The summed E-state index contributed by atoms with van der Waals surface area (Å²) in [4.78, 5) is 11.9. The Balaban J connectivity index is 2.11. The molecule has 1 heterocycles. The molecule has 3 nitrogen and oxygen atoms in total. The zero-order valence-electron chi connectivity index (χ0n) is 8.50. The van der Waals surface area contributed by atoms with Crippen molar-refractivity contribution in [3.05, 3.63) is 33.3 Å². The van der Waals surface area contributed by atoms with E-state index in [0.717, 1.165) is 10.9 Å². The summed E-state index contributed by atoms with van der Waals surface area (Å²) in [6.07, 6.45) is 0.858. The second-order valence-electron chi connectivity index (χ2n) is 3.64. The van der Waals surface area contributed by atoms with Gasteiger partial charge < -0.3 is 10.1 Å². The molecule has 5 heteroatoms. The molecule has 1 aromatic rings. The summed E-state index contributed by atoms with van der Waals surface area (Å²) < 4.78 is 5.92. The van der Waals surface area contributed by atoms with Crippen molar-refractivity contribution in [1.82, 2.24) is 5.32 Å². The van der Waals surface area contributed by atoms with Crippen LogP contribution in [-0.4, -0.2) is 25.2 Å². The molecule has 0 saturated carbocycles. The number of ether oxygens (including phenoxy) is 1. The van der Waals surface area contributed by atoms with Crippen molar-refractivity contribution >= 4 is 33.4 Å². The van der Waals surface area contributed by atoms with E-state index in [1.54, 1.807) is 18.2 Å². The molecule has 1 aliphatic heterocycles. The quantitative estimate of drug-likeness (QED) is 0.912. The van der Waals surface area contributed by atoms with Gasteiger partial charge in [-0.3, -0.25) is 4.79 Å². The van der Waals surface area contributed by atoms with Gasteiger partial charge in [0, 0.05) is 11.1 Å². The van der Waals surface area contributed by atoms with E-state index in [-0.39, 0.29) is 11.9 Å². The van der Waals surface area contributed by atoms with Crippen molar-refractivity contribution in [2.45, 2.75) is 12.5 Å². The van der Waals surface area contributed by atoms with Gasteiger partial charge in [-0.25, -0.2) is 0 Å². The van der Waals surface area contributed by atoms with E-state index in [1.807, 2.05) is 0 Å². The molecular formula is C11H11BrClNO2. The van der Waals surface area contributed by atoms with Gasteiger partial charge in [-0.15, -0.1) is 0 Å². The first-order chi connectivity index (χ1) is 7.68. The molecule has 1 unspecified atom stereocenters. The van der Waals surface area contributed by atoms with Crippen LogP contribution in [-0.2, 0) is 4.74 Å². The third-order valence-electron chi connectivity index (χ3n) is 2.46. The van der Waals surface area contributed by atoms with Crippen molar-refractivity contribution in [3.63, 3.8) is 0 Å². The average Bonchev–Trinajstić information content (AvgIpc) is 2.74. The maximum Gasteiger partial charge on any atom is 0.253 e. The van der Waals surface area contributed by atoms with Crippen LogP contribution in [0.3, 0.4) is 0 Å². The molecule has 1 aliphatic rings. The van der Waals surface area contributed by atoms with E-state index in [9.17, 15) is 4.79 Å². The van der Waals surface area contributed by atoms with Gasteiger partial charge in [0.15, 0.2) is 0 Å². The van der Waals surface area contributed by atoms with Gasteiger partial charge in [0.2, 0.25) is 0 Å². The normalized spacial score (nSPS) is 19.8. The van der Waals surface area contributed by atoms with Gasteiger partial charge in [0.1, 0.15) is 0 Å². The number of benzene rings is 1. The molecule has 0 bridgehead atoms. The SMILES string of the molecule is O=C(NC1CCOC1)c1cccc(Br)c1Cl. The Hall–Kier alpha value is -0.580. The maximum atomic E-state index is 11.9. The van der Waals surface area contributed by atoms with Crippen LogP contribution < -0.4 is 5.32 Å². The minimum Gasteiger partial charge on any atom is -0.379 e. The van der Waals surface area contributed by atoms with Gasteiger partial charge >= 0.3 is 0 Å². The Bertz CT molecular complexity index is 405. The van der Waals surface area contributed by atoms with Crippen molar-refractivity contribution in [3.8, 4) is 0 Å². The summed E-state index contributed by atoms with van der Waals surface area (Å²) in [5.41, 5.74) is 0.489. The lowest BCUT2D eigenvalue weighted by molar-refractivity contribution is 0.0930. The number of hydrogen-bond acceptors (Lipinski definition) is 2. The molecule has 1 fully saturated rings. The van der Waals surface area contributed by atoms with Crippen LogP contribution in [0.5, 0.6) is 0 Å². The second-order valence-corrected chi connectivity index (χ2v) is 4.87. The smallest absolute Gasteiger partial charge is 0.253 e. The highest BCUT2D eigenvalue weighted by molar-refractivity contribution is 9.10. The molecule has 2 rings (SSSR count). The zero-order chi connectivity index (χ0) is 11.5. The first-order valence-corrected chi connectivity index (χ1v) is 6.18. The van der Waals surface area contributed by atoms with E-state index in [0.29, 0.717) is 23.8 Å². The number of nitrogens with one attached hydrogen (secondary N) is 1. The van der Waals surface area contributed by atoms with Gasteiger partial charge in [0.05, 0.1) is 23.2 Å². The lowest BCUT2D eigenvalue weighted by Crippen LogP contribution is -2.35. The predicted octanol–water partition coefficient (Wildman–Crippen LogP) is 2.62. The van der Waals surface area contributed by atoms with Crippen LogP contribution in [0.4, 0.5) is 0 Å². The summed E-state index contributed by atoms with van der Waals surface area (Å²) in [7, 11) is 0. The van der Waals surface area contributed by atoms with E-state index >= 15 is 0 Å². The molecule has 0 radical (unpaired) electrons. The molecule has 1 N–H and O–H groups in total. The molecule has 1 amide bonds. The van der Waals surface area contributed by atoms with Crippen LogP contribution in [0, 0.1) is 0 Å². The summed E-state index contributed by atoms with van der Waals surface area (Å²) >= 11 is 9.33. The molecule has 0 spiro atoms. The van der Waals surface area contributed by atoms with Crippen LogP contribution in [0.2, 0.25) is 5.02 Å². The Morgan fingerprint density at radius 3 is 3.06 bits per heavy atom. The summed E-state index contributed by atoms with van der Waals surface area (Å²) in [6.45, 7) is 1.29. The highest BCUT2D eigenvalue weighted by atomic mass is 79.9. The lowest BCUT2D eigenvalue weighted by Gasteiger charge is -2.11. The third-order valence-corrected chi connectivity index (χ3v) is 3.76. The molecule has 16 heavy (non-hydrogen) atoms. The highest BCUT2D eigenvalue weighted by Gasteiger charge is 2.20. The van der Waals surface area contributed by atoms with Crippen LogP contribution in [0.1, 0.15) is 16.8 Å². The average molecular weight is 305 g/mol. The molecular weight excluding hydrogens is 293 g/mol. The lowest BCUT2D eigenvalue weighted by atomic mass is 10.2. The number of carbonyl (C=O) groups is 1. The number of hydrogen-bond donors (Lipinski definition) is 1. The van der Waals surface area contributed by atoms with Gasteiger partial charge in [-0.1, -0.05) is 17.7 Å². The van der Waals surface area contributed by atoms with Gasteiger partial charge in [-0.05, 0) is 34.5 Å². The fourth-order valence-electron chi connectivity index (χ4n) is 1.59. The number of carbonyl (C=O) groups excluding carboxylic acids is 1. The van der Waals surface area contributed by atoms with Gasteiger partial charge in [-0.2, -0.15) is 0 Å². The zero-order valence-corrected chi connectivity index (χ0v) is 10.8. The molecule has 1 atom stereocenters. The van der Waals surface area contributed by atoms with Crippen molar-refractivity contribution in [2.75, 3.05) is 13.2 Å². The summed E-state index contributed by atoms with van der Waals surface area (Å²) in [5, 5.41) is 3.34. The molecule has 0 aromatic heterocycles.